The molecule has 0 heterocycles. The molecule has 0 radical (unpaired) electrons. The zero-order valence-corrected chi connectivity index (χ0v) is 15.9. The van der Waals surface area contributed by atoms with Crippen LogP contribution in [-0.4, -0.2) is 24.5 Å². The van der Waals surface area contributed by atoms with Crippen LogP contribution < -0.4 is 0 Å². The van der Waals surface area contributed by atoms with E-state index in [0.29, 0.717) is 23.9 Å². The summed E-state index contributed by atoms with van der Waals surface area (Å²) in [5, 5.41) is 0. The number of hydrogen-bond donors (Lipinski definition) is 0. The molecular weight excluding hydrogens is 280 g/mol. The lowest BCUT2D eigenvalue weighted by atomic mass is 9.76. The molecule has 23 heavy (non-hydrogen) atoms. The topological polar surface area (TPSA) is 24.7 Å². The van der Waals surface area contributed by atoms with Crippen LogP contribution >= 0.6 is 0 Å². The molecule has 0 aliphatic heterocycles. The lowest BCUT2D eigenvalue weighted by Crippen LogP contribution is -2.23. The van der Waals surface area contributed by atoms with Crippen molar-refractivity contribution in [1.82, 2.24) is 0 Å². The van der Waals surface area contributed by atoms with Gasteiger partial charge in [0.25, 0.3) is 0 Å². The first-order valence-corrected chi connectivity index (χ1v) is 10.1. The fourth-order valence-electron chi connectivity index (χ4n) is 4.12. The highest BCUT2D eigenvalue weighted by molar-refractivity contribution is 5.60. The average molecular weight is 319 g/mol. The zero-order valence-electron chi connectivity index (χ0n) is 15.9. The zero-order chi connectivity index (χ0) is 16.7. The Kier molecular flexibility index (Phi) is 7.79. The first-order valence-electron chi connectivity index (χ1n) is 10.1. The molecule has 0 aromatic heterocycles. The van der Waals surface area contributed by atoms with E-state index in [0.717, 1.165) is 11.8 Å². The second-order valence-electron chi connectivity index (χ2n) is 8.67. The van der Waals surface area contributed by atoms with Gasteiger partial charge in [0.05, 0.1) is 0 Å². The Morgan fingerprint density at radius 3 is 1.30 bits per heavy atom. The van der Waals surface area contributed by atoms with Gasteiger partial charge in [0.1, 0.15) is 0 Å². The van der Waals surface area contributed by atoms with E-state index in [1.54, 1.807) is 0 Å². The monoisotopic (exact) mass is 318 g/mol. The van der Waals surface area contributed by atoms with Crippen molar-refractivity contribution in [2.75, 3.05) is 0 Å². The van der Waals surface area contributed by atoms with Crippen LogP contribution in [0, 0.1) is 23.7 Å². The van der Waals surface area contributed by atoms with Crippen LogP contribution in [0.25, 0.3) is 0 Å². The summed E-state index contributed by atoms with van der Waals surface area (Å²) in [6.07, 6.45) is 16.7. The molecular formula is C21H38N2. The summed E-state index contributed by atoms with van der Waals surface area (Å²) in [6, 6.07) is 1.24. The Balaban J connectivity index is 1.64. The number of rotatable bonds is 6. The highest BCUT2D eigenvalue weighted by Gasteiger charge is 2.26. The Bertz CT molecular complexity index is 331. The van der Waals surface area contributed by atoms with E-state index < -0.39 is 0 Å². The minimum absolute atomic E-state index is 0.598. The van der Waals surface area contributed by atoms with Gasteiger partial charge in [0.2, 0.25) is 0 Å². The summed E-state index contributed by atoms with van der Waals surface area (Å²) >= 11 is 0. The van der Waals surface area contributed by atoms with Crippen molar-refractivity contribution >= 4 is 12.4 Å². The van der Waals surface area contributed by atoms with Gasteiger partial charge in [-0.05, 0) is 81.5 Å². The minimum Gasteiger partial charge on any atom is -0.294 e. The van der Waals surface area contributed by atoms with E-state index >= 15 is 0 Å². The molecule has 0 spiro atoms. The second-order valence-corrected chi connectivity index (χ2v) is 8.67. The second kappa shape index (κ2) is 9.59. The van der Waals surface area contributed by atoms with Gasteiger partial charge in [0.15, 0.2) is 0 Å². The lowest BCUT2D eigenvalue weighted by Gasteiger charge is -2.32. The Labute approximate surface area is 144 Å². The van der Waals surface area contributed by atoms with E-state index in [-0.39, 0.29) is 0 Å². The number of hydrogen-bond acceptors (Lipinski definition) is 2. The summed E-state index contributed by atoms with van der Waals surface area (Å²) in [4.78, 5) is 9.54. The quantitative estimate of drug-likeness (QED) is 0.541. The maximum Gasteiger partial charge on any atom is 0.0496 e. The smallest absolute Gasteiger partial charge is 0.0496 e. The summed E-state index contributed by atoms with van der Waals surface area (Å²) in [5.41, 5.74) is 0. The Hall–Kier alpha value is -0.660. The normalized spacial score (nSPS) is 33.3. The molecule has 0 atom stereocenters. The maximum atomic E-state index is 4.77. The lowest BCUT2D eigenvalue weighted by molar-refractivity contribution is 0.226. The highest BCUT2D eigenvalue weighted by atomic mass is 14.8. The molecule has 0 unspecified atom stereocenters. The minimum atomic E-state index is 0.598. The van der Waals surface area contributed by atoms with Crippen LogP contribution in [0.1, 0.15) is 85.5 Å². The van der Waals surface area contributed by atoms with Crippen LogP contribution in [-0.2, 0) is 0 Å². The van der Waals surface area contributed by atoms with E-state index in [1.165, 1.54) is 57.8 Å². The molecule has 2 aliphatic carbocycles. The van der Waals surface area contributed by atoms with Crippen molar-refractivity contribution in [3.8, 4) is 0 Å². The fourth-order valence-corrected chi connectivity index (χ4v) is 4.12. The molecule has 0 saturated heterocycles. The summed E-state index contributed by atoms with van der Waals surface area (Å²) in [5.74, 6) is 3.14. The van der Waals surface area contributed by atoms with Crippen LogP contribution in [0.15, 0.2) is 9.98 Å². The van der Waals surface area contributed by atoms with Crippen LogP contribution in [0.5, 0.6) is 0 Å². The van der Waals surface area contributed by atoms with Gasteiger partial charge in [-0.1, -0.05) is 27.7 Å². The SMILES string of the molecule is CC(C)C=NC1CCC(CC2CCC(N=CC(C)C)CC2)CC1. The molecule has 2 heteroatoms. The van der Waals surface area contributed by atoms with Gasteiger partial charge < -0.3 is 0 Å². The third-order valence-electron chi connectivity index (χ3n) is 5.49. The van der Waals surface area contributed by atoms with E-state index in [1.807, 2.05) is 0 Å². The molecule has 2 saturated carbocycles. The van der Waals surface area contributed by atoms with Crippen molar-refractivity contribution in [2.45, 2.75) is 97.6 Å². The Morgan fingerprint density at radius 2 is 1.00 bits per heavy atom. The third kappa shape index (κ3) is 7.18. The molecule has 2 fully saturated rings. The molecule has 2 rings (SSSR count). The molecule has 0 aromatic carbocycles. The van der Waals surface area contributed by atoms with Crippen LogP contribution in [0.3, 0.4) is 0 Å². The predicted octanol–water partition coefficient (Wildman–Crippen LogP) is 5.95. The van der Waals surface area contributed by atoms with Gasteiger partial charge in [0, 0.05) is 24.5 Å². The van der Waals surface area contributed by atoms with E-state index in [2.05, 4.69) is 40.1 Å². The third-order valence-corrected chi connectivity index (χ3v) is 5.49. The Morgan fingerprint density at radius 1 is 0.652 bits per heavy atom. The fraction of sp³-hybridized carbons (Fsp3) is 0.905. The first-order chi connectivity index (χ1) is 11.0. The molecule has 2 aliphatic rings. The molecule has 132 valence electrons. The number of aliphatic imine (C=N–C) groups is 2. The van der Waals surface area contributed by atoms with Crippen molar-refractivity contribution in [3.05, 3.63) is 0 Å². The standard InChI is InChI=1S/C21H38N2/c1-16(2)14-22-20-9-5-18(6-10-20)13-19-7-11-21(12-8-19)23-15-17(3)4/h14-21H,5-13H2,1-4H3. The van der Waals surface area contributed by atoms with Crippen molar-refractivity contribution in [3.63, 3.8) is 0 Å². The molecule has 0 N–H and O–H groups in total. The van der Waals surface area contributed by atoms with E-state index in [9.17, 15) is 0 Å². The molecule has 0 aromatic rings. The van der Waals surface area contributed by atoms with Gasteiger partial charge in [-0.2, -0.15) is 0 Å². The summed E-state index contributed by atoms with van der Waals surface area (Å²) in [6.45, 7) is 8.88. The van der Waals surface area contributed by atoms with Gasteiger partial charge in [-0.3, -0.25) is 9.98 Å². The van der Waals surface area contributed by atoms with Crippen molar-refractivity contribution in [1.29, 1.82) is 0 Å². The van der Waals surface area contributed by atoms with Gasteiger partial charge in [-0.25, -0.2) is 0 Å². The predicted molar refractivity (Wildman–Crippen MR) is 103 cm³/mol. The van der Waals surface area contributed by atoms with Crippen LogP contribution in [0.2, 0.25) is 0 Å². The molecule has 2 nitrogen and oxygen atoms in total. The van der Waals surface area contributed by atoms with Crippen molar-refractivity contribution < 1.29 is 0 Å². The average Bonchev–Trinajstić information content (AvgIpc) is 2.53. The molecule has 0 amide bonds. The van der Waals surface area contributed by atoms with Crippen molar-refractivity contribution in [2.24, 2.45) is 33.7 Å². The van der Waals surface area contributed by atoms with Gasteiger partial charge >= 0.3 is 0 Å². The summed E-state index contributed by atoms with van der Waals surface area (Å²) < 4.78 is 0. The summed E-state index contributed by atoms with van der Waals surface area (Å²) in [7, 11) is 0. The van der Waals surface area contributed by atoms with E-state index in [4.69, 9.17) is 9.98 Å². The largest absolute Gasteiger partial charge is 0.294 e. The maximum absolute atomic E-state index is 4.77. The molecule has 0 bridgehead atoms. The van der Waals surface area contributed by atoms with Gasteiger partial charge in [-0.15, -0.1) is 0 Å². The highest BCUT2D eigenvalue weighted by Crippen LogP contribution is 2.36. The van der Waals surface area contributed by atoms with Crippen LogP contribution in [0.4, 0.5) is 0 Å². The first kappa shape index (κ1) is 18.7. The number of nitrogens with zero attached hydrogens (tertiary/aromatic N) is 2.